The molecule has 0 amide bonds. The van der Waals surface area contributed by atoms with E-state index in [0.29, 0.717) is 23.7 Å². The Morgan fingerprint density at radius 2 is 1.69 bits per heavy atom. The van der Waals surface area contributed by atoms with Gasteiger partial charge in [-0.15, -0.1) is 0 Å². The lowest BCUT2D eigenvalue weighted by Gasteiger charge is -2.12. The van der Waals surface area contributed by atoms with Gasteiger partial charge in [0.05, 0.1) is 25.4 Å². The quantitative estimate of drug-likeness (QED) is 0.212. The molecule has 197 valence electrons. The molecule has 1 aromatic heterocycles. The van der Waals surface area contributed by atoms with Crippen LogP contribution in [-0.4, -0.2) is 48.0 Å². The summed E-state index contributed by atoms with van der Waals surface area (Å²) in [5.74, 6) is 0.398. The number of hydrogen-bond donors (Lipinski definition) is 2. The van der Waals surface area contributed by atoms with E-state index >= 15 is 0 Å². The van der Waals surface area contributed by atoms with Gasteiger partial charge in [0.2, 0.25) is 0 Å². The van der Waals surface area contributed by atoms with Gasteiger partial charge in [-0.3, -0.25) is 9.35 Å². The largest absolute Gasteiger partial charge is 0.497 e. The highest BCUT2D eigenvalue weighted by molar-refractivity contribution is 7.86. The molecule has 1 heterocycles. The van der Waals surface area contributed by atoms with E-state index in [1.807, 2.05) is 12.1 Å². The average molecular weight is 519 g/mol. The molecular weight excluding hydrogens is 482 g/mol. The van der Waals surface area contributed by atoms with E-state index in [9.17, 15) is 17.8 Å². The number of aromatic nitrogens is 1. The number of carboxylic acids is 1. The summed E-state index contributed by atoms with van der Waals surface area (Å²) in [5.41, 5.74) is 2.07. The molecule has 0 bridgehead atoms. The summed E-state index contributed by atoms with van der Waals surface area (Å²) in [7, 11) is -2.56. The Hall–Kier alpha value is -2.91. The van der Waals surface area contributed by atoms with Crippen molar-refractivity contribution in [3.8, 4) is 11.5 Å². The van der Waals surface area contributed by atoms with Crippen LogP contribution < -0.4 is 9.47 Å². The second-order valence-corrected chi connectivity index (χ2v) is 10.3. The smallest absolute Gasteiger partial charge is 0.307 e. The van der Waals surface area contributed by atoms with Crippen LogP contribution in [0.15, 0.2) is 42.5 Å². The molecule has 8 nitrogen and oxygen atoms in total. The minimum Gasteiger partial charge on any atom is -0.497 e. The van der Waals surface area contributed by atoms with Gasteiger partial charge in [0.15, 0.2) is 0 Å². The third-order valence-corrected chi connectivity index (χ3v) is 6.70. The maximum atomic E-state index is 11.3. The summed E-state index contributed by atoms with van der Waals surface area (Å²) in [6.07, 6.45) is 11.7. The molecule has 9 heteroatoms. The fraction of sp³-hybridized carbons (Fsp3) is 0.444. The summed E-state index contributed by atoms with van der Waals surface area (Å²) < 4.78 is 42.8. The normalized spacial score (nSPS) is 12.5. The van der Waals surface area contributed by atoms with Gasteiger partial charge in [0.1, 0.15) is 17.2 Å². The monoisotopic (exact) mass is 518 g/mol. The highest BCUT2D eigenvalue weighted by Gasteiger charge is 2.19. The number of rotatable bonds is 17. The number of hydrogen-bond acceptors (Lipinski definition) is 6. The van der Waals surface area contributed by atoms with E-state index in [0.717, 1.165) is 44.3 Å². The molecule has 0 aliphatic heterocycles. The molecule has 1 atom stereocenters. The molecule has 0 aliphatic rings. The topological polar surface area (TPSA) is 123 Å². The van der Waals surface area contributed by atoms with Crippen LogP contribution in [0.5, 0.6) is 11.5 Å². The van der Waals surface area contributed by atoms with Crippen LogP contribution in [0.2, 0.25) is 0 Å². The fourth-order valence-electron chi connectivity index (χ4n) is 3.52. The van der Waals surface area contributed by atoms with Gasteiger partial charge in [-0.1, -0.05) is 43.9 Å². The molecule has 1 unspecified atom stereocenters. The average Bonchev–Trinajstić information content (AvgIpc) is 2.83. The zero-order chi connectivity index (χ0) is 26.4. The molecule has 2 N–H and O–H groups in total. The zero-order valence-electron chi connectivity index (χ0n) is 20.9. The lowest BCUT2D eigenvalue weighted by molar-refractivity contribution is -0.135. The first-order chi connectivity index (χ1) is 17.2. The van der Waals surface area contributed by atoms with Gasteiger partial charge in [-0.25, -0.2) is 4.98 Å². The van der Waals surface area contributed by atoms with Crippen LogP contribution in [0.4, 0.5) is 0 Å². The van der Waals surface area contributed by atoms with E-state index < -0.39 is 21.3 Å². The predicted octanol–water partition coefficient (Wildman–Crippen LogP) is 5.37. The van der Waals surface area contributed by atoms with Crippen LogP contribution in [0, 0.1) is 6.42 Å². The molecule has 2 rings (SSSR count). The predicted molar refractivity (Wildman–Crippen MR) is 140 cm³/mol. The number of aliphatic carboxylic acids is 1. The number of unbranched alkanes of at least 4 members (excludes halogenated alkanes) is 5. The first kappa shape index (κ1) is 29.3. The highest BCUT2D eigenvalue weighted by Crippen LogP contribution is 2.22. The van der Waals surface area contributed by atoms with Crippen LogP contribution in [0.3, 0.4) is 0 Å². The number of benzene rings is 1. The van der Waals surface area contributed by atoms with Crippen molar-refractivity contribution in [1.29, 1.82) is 0 Å². The van der Waals surface area contributed by atoms with Gasteiger partial charge in [-0.05, 0) is 62.1 Å². The SMILES string of the molecule is COc1ccc(CCCCCCCCOc2ccc([CH]C(C)S(=O)(=O)O)nc2/C=C/CC(=O)O)cc1. The molecule has 1 radical (unpaired) electrons. The molecule has 2 aromatic rings. The molecule has 36 heavy (non-hydrogen) atoms. The highest BCUT2D eigenvalue weighted by atomic mass is 32.2. The summed E-state index contributed by atoms with van der Waals surface area (Å²) in [4.78, 5) is 15.2. The number of carbonyl (C=O) groups is 1. The Morgan fingerprint density at radius 1 is 1.03 bits per heavy atom. The van der Waals surface area contributed by atoms with Gasteiger partial charge >= 0.3 is 5.97 Å². The van der Waals surface area contributed by atoms with Crippen molar-refractivity contribution in [2.24, 2.45) is 0 Å². The third kappa shape index (κ3) is 11.2. The molecule has 1 aromatic carbocycles. The number of methoxy groups -OCH3 is 1. The standard InChI is InChI=1S/C27H36NO7S/c1-21(36(31,32)33)20-23-15-18-26(25(28-23)11-9-12-27(29)30)35-19-8-6-4-3-5-7-10-22-13-16-24(34-2)17-14-22/h9,11,13-18,20-21H,3-8,10,12,19H2,1-2H3,(H,29,30)(H,31,32,33)/b11-9+. The van der Waals surface area contributed by atoms with E-state index in [2.05, 4.69) is 17.1 Å². The molecular formula is C27H36NO7S. The van der Waals surface area contributed by atoms with Gasteiger partial charge in [0.25, 0.3) is 10.1 Å². The summed E-state index contributed by atoms with van der Waals surface area (Å²) in [5, 5.41) is 7.75. The van der Waals surface area contributed by atoms with Crippen molar-refractivity contribution in [2.75, 3.05) is 13.7 Å². The van der Waals surface area contributed by atoms with E-state index in [4.69, 9.17) is 14.6 Å². The van der Waals surface area contributed by atoms with Crippen LogP contribution in [0.1, 0.15) is 68.8 Å². The number of aryl methyl sites for hydroxylation is 1. The van der Waals surface area contributed by atoms with Crippen molar-refractivity contribution in [3.05, 3.63) is 65.8 Å². The lowest BCUT2D eigenvalue weighted by atomic mass is 10.0. The maximum absolute atomic E-state index is 11.3. The summed E-state index contributed by atoms with van der Waals surface area (Å²) in [6, 6.07) is 11.5. The van der Waals surface area contributed by atoms with Crippen molar-refractivity contribution >= 4 is 22.2 Å². The van der Waals surface area contributed by atoms with Crippen LogP contribution >= 0.6 is 0 Å². The Labute approximate surface area is 214 Å². The lowest BCUT2D eigenvalue weighted by Crippen LogP contribution is -2.18. The summed E-state index contributed by atoms with van der Waals surface area (Å²) in [6.45, 7) is 1.85. The maximum Gasteiger partial charge on any atom is 0.307 e. The fourth-order valence-corrected chi connectivity index (χ4v) is 3.83. The van der Waals surface area contributed by atoms with Crippen molar-refractivity contribution < 1.29 is 32.3 Å². The Bertz CT molecular complexity index is 1080. The molecule has 0 fully saturated rings. The molecule has 0 aliphatic carbocycles. The minimum atomic E-state index is -4.23. The van der Waals surface area contributed by atoms with Crippen molar-refractivity contribution in [3.63, 3.8) is 0 Å². The third-order valence-electron chi connectivity index (χ3n) is 5.63. The first-order valence-corrected chi connectivity index (χ1v) is 13.7. The summed E-state index contributed by atoms with van der Waals surface area (Å²) >= 11 is 0. The van der Waals surface area contributed by atoms with Gasteiger partial charge in [0, 0.05) is 12.1 Å². The van der Waals surface area contributed by atoms with Crippen molar-refractivity contribution in [1.82, 2.24) is 4.98 Å². The number of ether oxygens (including phenoxy) is 2. The Morgan fingerprint density at radius 3 is 2.33 bits per heavy atom. The first-order valence-electron chi connectivity index (χ1n) is 12.2. The van der Waals surface area contributed by atoms with Gasteiger partial charge < -0.3 is 14.6 Å². The molecule has 0 saturated carbocycles. The minimum absolute atomic E-state index is 0.172. The second-order valence-electron chi connectivity index (χ2n) is 8.57. The second kappa shape index (κ2) is 15.3. The van der Waals surface area contributed by atoms with Crippen molar-refractivity contribution in [2.45, 2.75) is 63.5 Å². The Balaban J connectivity index is 1.76. The number of carboxylic acid groups (broad SMARTS) is 1. The van der Waals surface area contributed by atoms with Crippen LogP contribution in [0.25, 0.3) is 6.08 Å². The van der Waals surface area contributed by atoms with E-state index in [-0.39, 0.29) is 6.42 Å². The van der Waals surface area contributed by atoms with Crippen LogP contribution in [-0.2, 0) is 21.3 Å². The van der Waals surface area contributed by atoms with E-state index in [1.54, 1.807) is 25.3 Å². The van der Waals surface area contributed by atoms with E-state index in [1.165, 1.54) is 31.4 Å². The van der Waals surface area contributed by atoms with Gasteiger partial charge in [-0.2, -0.15) is 8.42 Å². The Kier molecular flexibility index (Phi) is 12.4. The zero-order valence-corrected chi connectivity index (χ0v) is 21.7. The number of pyridine rings is 1. The molecule has 0 spiro atoms. The molecule has 0 saturated heterocycles. The number of nitrogens with zero attached hydrogens (tertiary/aromatic N) is 1.